The number of carbonyl (C=O) groups excluding carboxylic acids is 2. The summed E-state index contributed by atoms with van der Waals surface area (Å²) < 4.78 is 31.7. The quantitative estimate of drug-likeness (QED) is 0.500. The molecule has 0 saturated heterocycles. The zero-order valence-electron chi connectivity index (χ0n) is 20.1. The minimum atomic E-state index is -3.85. The highest BCUT2D eigenvalue weighted by molar-refractivity contribution is 7.92. The van der Waals surface area contributed by atoms with E-state index in [9.17, 15) is 18.0 Å². The highest BCUT2D eigenvalue weighted by Gasteiger charge is 2.33. The van der Waals surface area contributed by atoms with Crippen LogP contribution in [0.1, 0.15) is 32.8 Å². The van der Waals surface area contributed by atoms with Gasteiger partial charge in [-0.2, -0.15) is 0 Å². The Morgan fingerprint density at radius 1 is 1.09 bits per heavy atom. The number of hydrogen-bond acceptors (Lipinski definition) is 5. The number of sulfonamides is 1. The van der Waals surface area contributed by atoms with Crippen LogP contribution in [0, 0.1) is 0 Å². The molecule has 1 N–H and O–H groups in total. The number of para-hydroxylation sites is 2. The van der Waals surface area contributed by atoms with Crippen molar-refractivity contribution in [1.29, 1.82) is 0 Å². The number of benzene rings is 2. The van der Waals surface area contributed by atoms with Gasteiger partial charge in [-0.3, -0.25) is 13.9 Å². The van der Waals surface area contributed by atoms with E-state index >= 15 is 0 Å². The summed E-state index contributed by atoms with van der Waals surface area (Å²) in [6.45, 7) is 5.00. The molecule has 1 atom stereocenters. The number of rotatable bonds is 11. The number of carbonyl (C=O) groups is 2. The van der Waals surface area contributed by atoms with E-state index in [4.69, 9.17) is 16.3 Å². The lowest BCUT2D eigenvalue weighted by atomic mass is 10.1. The van der Waals surface area contributed by atoms with Crippen molar-refractivity contribution in [2.45, 2.75) is 45.8 Å². The molecule has 0 aliphatic carbocycles. The minimum absolute atomic E-state index is 0.0477. The maximum absolute atomic E-state index is 13.6. The summed E-state index contributed by atoms with van der Waals surface area (Å²) in [5.41, 5.74) is 0.884. The molecule has 0 aromatic heterocycles. The van der Waals surface area contributed by atoms with E-state index in [-0.39, 0.29) is 24.2 Å². The minimum Gasteiger partial charge on any atom is -0.495 e. The molecular weight excluding hydrogens is 478 g/mol. The Kier molecular flexibility index (Phi) is 9.76. The standard InChI is InChI=1S/C24H32ClN3O5S/c1-6-20(24(30)26-17(2)3)27(15-18-11-7-8-12-19(18)25)23(29)16-28(34(5,31)32)21-13-9-10-14-22(21)33-4/h7-14,17,20H,6,15-16H2,1-5H3,(H,26,30). The van der Waals surface area contributed by atoms with Gasteiger partial charge in [0.15, 0.2) is 0 Å². The Hall–Kier alpha value is -2.78. The summed E-state index contributed by atoms with van der Waals surface area (Å²) in [4.78, 5) is 28.0. The van der Waals surface area contributed by atoms with E-state index in [1.807, 2.05) is 13.8 Å². The first-order valence-electron chi connectivity index (χ1n) is 10.9. The fourth-order valence-electron chi connectivity index (χ4n) is 3.54. The second-order valence-corrected chi connectivity index (χ2v) is 10.5. The summed E-state index contributed by atoms with van der Waals surface area (Å²) in [6.07, 6.45) is 1.36. The molecule has 186 valence electrons. The van der Waals surface area contributed by atoms with E-state index in [0.717, 1.165) is 10.6 Å². The van der Waals surface area contributed by atoms with Crippen molar-refractivity contribution in [2.24, 2.45) is 0 Å². The molecule has 10 heteroatoms. The maximum Gasteiger partial charge on any atom is 0.244 e. The van der Waals surface area contributed by atoms with Crippen LogP contribution in [0.25, 0.3) is 0 Å². The lowest BCUT2D eigenvalue weighted by molar-refractivity contribution is -0.140. The van der Waals surface area contributed by atoms with Crippen molar-refractivity contribution in [2.75, 3.05) is 24.2 Å². The molecule has 0 bridgehead atoms. The van der Waals surface area contributed by atoms with Crippen molar-refractivity contribution in [3.05, 3.63) is 59.1 Å². The van der Waals surface area contributed by atoms with Gasteiger partial charge < -0.3 is 15.0 Å². The molecule has 0 radical (unpaired) electrons. The lowest BCUT2D eigenvalue weighted by Crippen LogP contribution is -2.53. The summed E-state index contributed by atoms with van der Waals surface area (Å²) in [5, 5.41) is 3.29. The van der Waals surface area contributed by atoms with Gasteiger partial charge in [0.05, 0.1) is 19.1 Å². The van der Waals surface area contributed by atoms with Crippen LogP contribution in [0.15, 0.2) is 48.5 Å². The Morgan fingerprint density at radius 2 is 1.71 bits per heavy atom. The molecular formula is C24H32ClN3O5S. The van der Waals surface area contributed by atoms with Gasteiger partial charge in [0.2, 0.25) is 21.8 Å². The molecule has 2 rings (SSSR count). The van der Waals surface area contributed by atoms with Gasteiger partial charge in [0.25, 0.3) is 0 Å². The molecule has 0 heterocycles. The Morgan fingerprint density at radius 3 is 2.26 bits per heavy atom. The van der Waals surface area contributed by atoms with Gasteiger partial charge in [-0.1, -0.05) is 48.9 Å². The van der Waals surface area contributed by atoms with E-state index in [2.05, 4.69) is 5.32 Å². The predicted octanol–water partition coefficient (Wildman–Crippen LogP) is 3.45. The third kappa shape index (κ3) is 7.11. The number of anilines is 1. The van der Waals surface area contributed by atoms with Crippen LogP contribution in [0.4, 0.5) is 5.69 Å². The number of amides is 2. The normalized spacial score (nSPS) is 12.2. The van der Waals surface area contributed by atoms with Crippen molar-refractivity contribution in [3.8, 4) is 5.75 Å². The van der Waals surface area contributed by atoms with E-state index < -0.39 is 28.5 Å². The van der Waals surface area contributed by atoms with Crippen molar-refractivity contribution < 1.29 is 22.7 Å². The highest BCUT2D eigenvalue weighted by atomic mass is 35.5. The van der Waals surface area contributed by atoms with Crippen LogP contribution in [-0.4, -0.2) is 57.1 Å². The zero-order chi connectivity index (χ0) is 25.5. The Bertz CT molecular complexity index is 1110. The summed E-state index contributed by atoms with van der Waals surface area (Å²) in [7, 11) is -2.43. The first-order chi connectivity index (χ1) is 16.0. The van der Waals surface area contributed by atoms with E-state index in [0.29, 0.717) is 22.8 Å². The number of hydrogen-bond donors (Lipinski definition) is 1. The van der Waals surface area contributed by atoms with Crippen LogP contribution < -0.4 is 14.4 Å². The smallest absolute Gasteiger partial charge is 0.244 e. The third-order valence-electron chi connectivity index (χ3n) is 5.15. The highest BCUT2D eigenvalue weighted by Crippen LogP contribution is 2.30. The van der Waals surface area contributed by atoms with E-state index in [1.165, 1.54) is 12.0 Å². The van der Waals surface area contributed by atoms with E-state index in [1.54, 1.807) is 55.5 Å². The number of ether oxygens (including phenoxy) is 1. The second kappa shape index (κ2) is 12.1. The summed E-state index contributed by atoms with van der Waals surface area (Å²) in [5.74, 6) is -0.550. The topological polar surface area (TPSA) is 96.0 Å². The monoisotopic (exact) mass is 509 g/mol. The summed E-state index contributed by atoms with van der Waals surface area (Å²) >= 11 is 6.34. The van der Waals surface area contributed by atoms with Gasteiger partial charge >= 0.3 is 0 Å². The zero-order valence-corrected chi connectivity index (χ0v) is 21.7. The third-order valence-corrected chi connectivity index (χ3v) is 6.64. The molecule has 8 nitrogen and oxygen atoms in total. The molecule has 2 amide bonds. The number of nitrogens with zero attached hydrogens (tertiary/aromatic N) is 2. The first kappa shape index (κ1) is 27.5. The van der Waals surface area contributed by atoms with Crippen LogP contribution in [0.5, 0.6) is 5.75 Å². The number of methoxy groups -OCH3 is 1. The average molecular weight is 510 g/mol. The van der Waals surface area contributed by atoms with Crippen LogP contribution in [0.2, 0.25) is 5.02 Å². The van der Waals surface area contributed by atoms with Crippen LogP contribution in [-0.2, 0) is 26.2 Å². The molecule has 1 unspecified atom stereocenters. The van der Waals surface area contributed by atoms with Crippen molar-refractivity contribution in [3.63, 3.8) is 0 Å². The predicted molar refractivity (Wildman–Crippen MR) is 135 cm³/mol. The molecule has 34 heavy (non-hydrogen) atoms. The number of nitrogens with one attached hydrogen (secondary N) is 1. The molecule has 0 saturated carbocycles. The van der Waals surface area contributed by atoms with Crippen molar-refractivity contribution in [1.82, 2.24) is 10.2 Å². The van der Waals surface area contributed by atoms with Gasteiger partial charge in [-0.15, -0.1) is 0 Å². The SMILES string of the molecule is CCC(C(=O)NC(C)C)N(Cc1ccccc1Cl)C(=O)CN(c1ccccc1OC)S(C)(=O)=O. The van der Waals surface area contributed by atoms with Gasteiger partial charge in [0.1, 0.15) is 18.3 Å². The molecule has 2 aromatic carbocycles. The fourth-order valence-corrected chi connectivity index (χ4v) is 4.59. The first-order valence-corrected chi connectivity index (χ1v) is 13.2. The Balaban J connectivity index is 2.49. The van der Waals surface area contributed by atoms with Crippen molar-refractivity contribution >= 4 is 39.1 Å². The van der Waals surface area contributed by atoms with Gasteiger partial charge in [-0.25, -0.2) is 8.42 Å². The molecule has 0 aliphatic rings. The fraction of sp³-hybridized carbons (Fsp3) is 0.417. The Labute approximate surface area is 206 Å². The van der Waals surface area contributed by atoms with Crippen LogP contribution in [0.3, 0.4) is 0 Å². The largest absolute Gasteiger partial charge is 0.495 e. The second-order valence-electron chi connectivity index (χ2n) is 8.14. The van der Waals surface area contributed by atoms with Gasteiger partial charge in [0, 0.05) is 17.6 Å². The average Bonchev–Trinajstić information content (AvgIpc) is 2.77. The molecule has 0 aliphatic heterocycles. The molecule has 0 spiro atoms. The van der Waals surface area contributed by atoms with Gasteiger partial charge in [-0.05, 0) is 44.0 Å². The maximum atomic E-state index is 13.6. The molecule has 0 fully saturated rings. The lowest BCUT2D eigenvalue weighted by Gasteiger charge is -2.33. The molecule has 2 aromatic rings. The summed E-state index contributed by atoms with van der Waals surface area (Å²) in [6, 6.07) is 12.6. The van der Waals surface area contributed by atoms with Crippen LogP contribution >= 0.6 is 11.6 Å². The number of halogens is 1.